The zero-order valence-corrected chi connectivity index (χ0v) is 16.0. The first-order chi connectivity index (χ1) is 13.8. The molecule has 0 aliphatic heterocycles. The van der Waals surface area contributed by atoms with Crippen molar-refractivity contribution < 1.29 is 13.2 Å². The van der Waals surface area contributed by atoms with E-state index >= 15 is 0 Å². The van der Waals surface area contributed by atoms with Gasteiger partial charge in [0.2, 0.25) is 0 Å². The quantitative estimate of drug-likeness (QED) is 0.420. The molecule has 6 heteroatoms. The van der Waals surface area contributed by atoms with E-state index in [1.165, 1.54) is 12.1 Å². The van der Waals surface area contributed by atoms with Gasteiger partial charge in [0, 0.05) is 28.4 Å². The Morgan fingerprint density at radius 3 is 2.34 bits per heavy atom. The number of aryl methyl sites for hydroxylation is 2. The molecule has 0 aliphatic carbocycles. The Morgan fingerprint density at radius 1 is 0.931 bits per heavy atom. The number of para-hydroxylation sites is 1. The molecule has 2 aromatic heterocycles. The van der Waals surface area contributed by atoms with Crippen LogP contribution in [0.3, 0.4) is 0 Å². The SMILES string of the molecule is Cc1cccnc1NC(c1ccc(C(F)(F)F)cc1)c1c(C)[nH]c2ccccc12. The Balaban J connectivity index is 1.85. The van der Waals surface area contributed by atoms with Gasteiger partial charge in [0.1, 0.15) is 5.82 Å². The lowest BCUT2D eigenvalue weighted by atomic mass is 9.95. The summed E-state index contributed by atoms with van der Waals surface area (Å²) in [5.41, 5.74) is 3.96. The van der Waals surface area contributed by atoms with E-state index in [4.69, 9.17) is 0 Å². The standard InChI is InChI=1S/C23H20F3N3/c1-14-6-5-13-27-22(14)29-21(16-9-11-17(12-10-16)23(24,25)26)20-15(2)28-19-8-4-3-7-18(19)20/h3-13,21,28H,1-2H3,(H,27,29). The Bertz CT molecular complexity index is 1140. The van der Waals surface area contributed by atoms with Crippen LogP contribution in [0, 0.1) is 13.8 Å². The van der Waals surface area contributed by atoms with Crippen molar-refractivity contribution in [1.29, 1.82) is 0 Å². The molecular weight excluding hydrogens is 375 g/mol. The first-order valence-electron chi connectivity index (χ1n) is 9.27. The third kappa shape index (κ3) is 3.70. The van der Waals surface area contributed by atoms with E-state index in [9.17, 15) is 13.2 Å². The molecule has 2 aromatic carbocycles. The van der Waals surface area contributed by atoms with Crippen LogP contribution in [0.4, 0.5) is 19.0 Å². The third-order valence-electron chi connectivity index (χ3n) is 5.09. The highest BCUT2D eigenvalue weighted by Crippen LogP contribution is 2.36. The van der Waals surface area contributed by atoms with Gasteiger partial charge in [-0.2, -0.15) is 13.2 Å². The molecular formula is C23H20F3N3. The molecule has 4 aromatic rings. The van der Waals surface area contributed by atoms with Gasteiger partial charge < -0.3 is 10.3 Å². The van der Waals surface area contributed by atoms with Crippen molar-refractivity contribution in [1.82, 2.24) is 9.97 Å². The van der Waals surface area contributed by atoms with Crippen LogP contribution in [0.25, 0.3) is 10.9 Å². The summed E-state index contributed by atoms with van der Waals surface area (Å²) >= 11 is 0. The van der Waals surface area contributed by atoms with Gasteiger partial charge in [-0.25, -0.2) is 4.98 Å². The van der Waals surface area contributed by atoms with Crippen molar-refractivity contribution in [3.05, 3.63) is 94.8 Å². The van der Waals surface area contributed by atoms with Crippen molar-refractivity contribution in [2.45, 2.75) is 26.1 Å². The number of hydrogen-bond acceptors (Lipinski definition) is 2. The van der Waals surface area contributed by atoms with Gasteiger partial charge >= 0.3 is 6.18 Å². The third-order valence-corrected chi connectivity index (χ3v) is 5.09. The predicted molar refractivity (Wildman–Crippen MR) is 109 cm³/mol. The average molecular weight is 395 g/mol. The topological polar surface area (TPSA) is 40.7 Å². The second-order valence-electron chi connectivity index (χ2n) is 7.08. The fourth-order valence-electron chi connectivity index (χ4n) is 3.63. The Hall–Kier alpha value is -3.28. The molecule has 148 valence electrons. The lowest BCUT2D eigenvalue weighted by Crippen LogP contribution is -2.15. The van der Waals surface area contributed by atoms with Crippen LogP contribution in [0.2, 0.25) is 0 Å². The summed E-state index contributed by atoms with van der Waals surface area (Å²) in [6, 6.07) is 16.6. The highest BCUT2D eigenvalue weighted by Gasteiger charge is 2.31. The number of nitrogens with one attached hydrogen (secondary N) is 2. The van der Waals surface area contributed by atoms with Crippen molar-refractivity contribution in [2.24, 2.45) is 0 Å². The molecule has 0 amide bonds. The summed E-state index contributed by atoms with van der Waals surface area (Å²) in [6.07, 6.45) is -2.67. The summed E-state index contributed by atoms with van der Waals surface area (Å²) in [4.78, 5) is 7.79. The number of fused-ring (bicyclic) bond motifs is 1. The van der Waals surface area contributed by atoms with Crippen LogP contribution >= 0.6 is 0 Å². The summed E-state index contributed by atoms with van der Waals surface area (Å²) in [5, 5.41) is 4.47. The fraction of sp³-hybridized carbons (Fsp3) is 0.174. The number of aromatic nitrogens is 2. The van der Waals surface area contributed by atoms with E-state index in [2.05, 4.69) is 15.3 Å². The summed E-state index contributed by atoms with van der Waals surface area (Å²) in [6.45, 7) is 3.92. The van der Waals surface area contributed by atoms with Gasteiger partial charge in [-0.05, 0) is 49.2 Å². The van der Waals surface area contributed by atoms with Crippen molar-refractivity contribution in [3.8, 4) is 0 Å². The van der Waals surface area contributed by atoms with E-state index in [0.29, 0.717) is 5.82 Å². The van der Waals surface area contributed by atoms with Crippen LogP contribution in [0.15, 0.2) is 66.9 Å². The highest BCUT2D eigenvalue weighted by molar-refractivity contribution is 5.86. The molecule has 29 heavy (non-hydrogen) atoms. The number of H-pyrrole nitrogens is 1. The number of anilines is 1. The lowest BCUT2D eigenvalue weighted by molar-refractivity contribution is -0.137. The number of benzene rings is 2. The monoisotopic (exact) mass is 395 g/mol. The van der Waals surface area contributed by atoms with Crippen LogP contribution in [-0.2, 0) is 6.18 Å². The normalized spacial score (nSPS) is 12.9. The van der Waals surface area contributed by atoms with Crippen molar-refractivity contribution in [3.63, 3.8) is 0 Å². The van der Waals surface area contributed by atoms with E-state index in [1.54, 1.807) is 6.20 Å². The Labute approximate surface area is 166 Å². The Morgan fingerprint density at radius 2 is 1.66 bits per heavy atom. The molecule has 0 bridgehead atoms. The molecule has 1 unspecified atom stereocenters. The van der Waals surface area contributed by atoms with Crippen LogP contribution in [0.5, 0.6) is 0 Å². The number of aromatic amines is 1. The molecule has 0 aliphatic rings. The number of rotatable bonds is 4. The van der Waals surface area contributed by atoms with Crippen molar-refractivity contribution >= 4 is 16.7 Å². The minimum Gasteiger partial charge on any atom is -0.359 e. The highest BCUT2D eigenvalue weighted by atomic mass is 19.4. The van der Waals surface area contributed by atoms with Gasteiger partial charge in [-0.1, -0.05) is 36.4 Å². The second kappa shape index (κ2) is 7.28. The van der Waals surface area contributed by atoms with Gasteiger partial charge in [0.25, 0.3) is 0 Å². The summed E-state index contributed by atoms with van der Waals surface area (Å²) in [5.74, 6) is 0.696. The largest absolute Gasteiger partial charge is 0.416 e. The molecule has 0 saturated heterocycles. The summed E-state index contributed by atoms with van der Waals surface area (Å²) < 4.78 is 39.1. The van der Waals surface area contributed by atoms with Gasteiger partial charge in [0.05, 0.1) is 11.6 Å². The molecule has 1 atom stereocenters. The molecule has 0 radical (unpaired) electrons. The Kier molecular flexibility index (Phi) is 4.78. The zero-order valence-electron chi connectivity index (χ0n) is 16.0. The fourth-order valence-corrected chi connectivity index (χ4v) is 3.63. The average Bonchev–Trinajstić information content (AvgIpc) is 3.02. The number of halogens is 3. The number of pyridine rings is 1. The molecule has 0 fully saturated rings. The summed E-state index contributed by atoms with van der Waals surface area (Å²) in [7, 11) is 0. The van der Waals surface area contributed by atoms with E-state index in [0.717, 1.165) is 45.4 Å². The molecule has 0 saturated carbocycles. The smallest absolute Gasteiger partial charge is 0.359 e. The van der Waals surface area contributed by atoms with Crippen molar-refractivity contribution in [2.75, 3.05) is 5.32 Å². The lowest BCUT2D eigenvalue weighted by Gasteiger charge is -2.22. The number of alkyl halides is 3. The minimum atomic E-state index is -4.37. The number of hydrogen-bond donors (Lipinski definition) is 2. The first kappa shape index (κ1) is 19.1. The molecule has 2 N–H and O–H groups in total. The van der Waals surface area contributed by atoms with Crippen LogP contribution in [-0.4, -0.2) is 9.97 Å². The minimum absolute atomic E-state index is 0.359. The molecule has 3 nitrogen and oxygen atoms in total. The van der Waals surface area contributed by atoms with Crippen LogP contribution in [0.1, 0.15) is 34.0 Å². The van der Waals surface area contributed by atoms with E-state index in [-0.39, 0.29) is 6.04 Å². The van der Waals surface area contributed by atoms with E-state index < -0.39 is 11.7 Å². The van der Waals surface area contributed by atoms with Gasteiger partial charge in [-0.3, -0.25) is 0 Å². The van der Waals surface area contributed by atoms with Gasteiger partial charge in [-0.15, -0.1) is 0 Å². The second-order valence-corrected chi connectivity index (χ2v) is 7.08. The zero-order chi connectivity index (χ0) is 20.6. The first-order valence-corrected chi connectivity index (χ1v) is 9.27. The van der Waals surface area contributed by atoms with Crippen LogP contribution < -0.4 is 5.32 Å². The molecule has 2 heterocycles. The maximum absolute atomic E-state index is 13.0. The predicted octanol–water partition coefficient (Wildman–Crippen LogP) is 6.40. The maximum Gasteiger partial charge on any atom is 0.416 e. The number of nitrogens with zero attached hydrogens (tertiary/aromatic N) is 1. The maximum atomic E-state index is 13.0. The van der Waals surface area contributed by atoms with E-state index in [1.807, 2.05) is 50.2 Å². The van der Waals surface area contributed by atoms with Gasteiger partial charge in [0.15, 0.2) is 0 Å². The molecule has 0 spiro atoms. The molecule has 4 rings (SSSR count).